The van der Waals surface area contributed by atoms with Gasteiger partial charge in [0.05, 0.1) is 17.7 Å². The van der Waals surface area contributed by atoms with E-state index in [0.29, 0.717) is 43.2 Å². The van der Waals surface area contributed by atoms with Gasteiger partial charge in [-0.1, -0.05) is 18.2 Å². The highest BCUT2D eigenvalue weighted by Crippen LogP contribution is 2.22. The number of carbonyl (C=O) groups is 2. The minimum Gasteiger partial charge on any atom is -0.475 e. The summed E-state index contributed by atoms with van der Waals surface area (Å²) in [7, 11) is 1.61. The fraction of sp³-hybridized carbons (Fsp3) is 0.278. The van der Waals surface area contributed by atoms with Crippen LogP contribution in [-0.2, 0) is 11.2 Å². The van der Waals surface area contributed by atoms with Crippen molar-refractivity contribution in [1.29, 1.82) is 0 Å². The van der Waals surface area contributed by atoms with E-state index >= 15 is 0 Å². The highest BCUT2D eigenvalue weighted by molar-refractivity contribution is 6.21. The molecule has 1 aliphatic heterocycles. The van der Waals surface area contributed by atoms with Gasteiger partial charge in [0, 0.05) is 31.8 Å². The standard InChI is InChI=1S/C18H18N2O4/c1-23-11-12-24-16-8-4-5-13(19-16)9-10-20-17(21)14-6-2-3-7-15(14)18(20)22/h2-8H,9-12H2,1H3. The van der Waals surface area contributed by atoms with Crippen LogP contribution in [0.5, 0.6) is 5.88 Å². The highest BCUT2D eigenvalue weighted by Gasteiger charge is 2.34. The lowest BCUT2D eigenvalue weighted by molar-refractivity contribution is 0.0656. The molecule has 0 saturated heterocycles. The summed E-state index contributed by atoms with van der Waals surface area (Å²) >= 11 is 0. The van der Waals surface area contributed by atoms with Crippen molar-refractivity contribution in [2.24, 2.45) is 0 Å². The van der Waals surface area contributed by atoms with Gasteiger partial charge in [-0.25, -0.2) is 4.98 Å². The molecule has 6 nitrogen and oxygen atoms in total. The van der Waals surface area contributed by atoms with Gasteiger partial charge in [-0.15, -0.1) is 0 Å². The average molecular weight is 326 g/mol. The normalized spacial score (nSPS) is 13.3. The Labute approximate surface area is 140 Å². The zero-order valence-electron chi connectivity index (χ0n) is 13.4. The number of fused-ring (bicyclic) bond motifs is 1. The molecular formula is C18H18N2O4. The number of pyridine rings is 1. The first-order valence-corrected chi connectivity index (χ1v) is 7.73. The molecule has 0 radical (unpaired) electrons. The first-order valence-electron chi connectivity index (χ1n) is 7.73. The number of amides is 2. The lowest BCUT2D eigenvalue weighted by atomic mass is 10.1. The molecule has 0 unspecified atom stereocenters. The number of carbonyl (C=O) groups excluding carboxylic acids is 2. The molecular weight excluding hydrogens is 308 g/mol. The predicted octanol–water partition coefficient (Wildman–Crippen LogP) is 1.95. The molecule has 124 valence electrons. The van der Waals surface area contributed by atoms with Gasteiger partial charge in [-0.3, -0.25) is 14.5 Å². The molecule has 0 N–H and O–H groups in total. The van der Waals surface area contributed by atoms with Crippen molar-refractivity contribution in [3.8, 4) is 5.88 Å². The third-order valence-electron chi connectivity index (χ3n) is 3.79. The zero-order valence-corrected chi connectivity index (χ0v) is 13.4. The van der Waals surface area contributed by atoms with E-state index < -0.39 is 0 Å². The molecule has 1 aromatic carbocycles. The van der Waals surface area contributed by atoms with E-state index in [4.69, 9.17) is 9.47 Å². The van der Waals surface area contributed by atoms with E-state index in [0.717, 1.165) is 5.69 Å². The topological polar surface area (TPSA) is 68.7 Å². The number of imide groups is 1. The molecule has 0 aliphatic carbocycles. The fourth-order valence-electron chi connectivity index (χ4n) is 2.58. The monoisotopic (exact) mass is 326 g/mol. The van der Waals surface area contributed by atoms with Crippen molar-refractivity contribution in [3.05, 3.63) is 59.3 Å². The second-order valence-electron chi connectivity index (χ2n) is 5.37. The Bertz CT molecular complexity index is 725. The second kappa shape index (κ2) is 7.23. The number of ether oxygens (including phenoxy) is 2. The molecule has 1 aromatic heterocycles. The van der Waals surface area contributed by atoms with Gasteiger partial charge in [-0.05, 0) is 18.2 Å². The van der Waals surface area contributed by atoms with Crippen molar-refractivity contribution in [3.63, 3.8) is 0 Å². The van der Waals surface area contributed by atoms with Crippen molar-refractivity contribution in [2.45, 2.75) is 6.42 Å². The minimum atomic E-state index is -0.247. The van der Waals surface area contributed by atoms with Crippen molar-refractivity contribution < 1.29 is 19.1 Å². The fourth-order valence-corrected chi connectivity index (χ4v) is 2.58. The van der Waals surface area contributed by atoms with Crippen LogP contribution in [0.15, 0.2) is 42.5 Å². The van der Waals surface area contributed by atoms with E-state index in [1.165, 1.54) is 4.90 Å². The smallest absolute Gasteiger partial charge is 0.261 e. The van der Waals surface area contributed by atoms with Gasteiger partial charge in [-0.2, -0.15) is 0 Å². The van der Waals surface area contributed by atoms with Gasteiger partial charge in [0.2, 0.25) is 5.88 Å². The average Bonchev–Trinajstić information content (AvgIpc) is 2.85. The van der Waals surface area contributed by atoms with Crippen molar-refractivity contribution in [2.75, 3.05) is 26.9 Å². The Hall–Kier alpha value is -2.73. The first-order chi connectivity index (χ1) is 11.7. The minimum absolute atomic E-state index is 0.247. The summed E-state index contributed by atoms with van der Waals surface area (Å²) in [5.41, 5.74) is 1.70. The van der Waals surface area contributed by atoms with Crippen LogP contribution in [0.1, 0.15) is 26.4 Å². The summed E-state index contributed by atoms with van der Waals surface area (Å²) in [5, 5.41) is 0. The third kappa shape index (κ3) is 3.28. The lowest BCUT2D eigenvalue weighted by Crippen LogP contribution is -2.31. The zero-order chi connectivity index (χ0) is 16.9. The summed E-state index contributed by atoms with van der Waals surface area (Å²) < 4.78 is 10.4. The second-order valence-corrected chi connectivity index (χ2v) is 5.37. The summed E-state index contributed by atoms with van der Waals surface area (Å²) in [6.45, 7) is 1.20. The maximum Gasteiger partial charge on any atom is 0.261 e. The van der Waals surface area contributed by atoms with Gasteiger partial charge >= 0.3 is 0 Å². The van der Waals surface area contributed by atoms with Crippen LogP contribution >= 0.6 is 0 Å². The number of hydrogen-bond acceptors (Lipinski definition) is 5. The van der Waals surface area contributed by atoms with Gasteiger partial charge in [0.25, 0.3) is 11.8 Å². The SMILES string of the molecule is COCCOc1cccc(CCN2C(=O)c3ccccc3C2=O)n1. The van der Waals surface area contributed by atoms with E-state index in [1.807, 2.05) is 12.1 Å². The maximum absolute atomic E-state index is 12.3. The Morgan fingerprint density at radius 2 is 1.67 bits per heavy atom. The van der Waals surface area contributed by atoms with Crippen molar-refractivity contribution >= 4 is 11.8 Å². The number of rotatable bonds is 7. The largest absolute Gasteiger partial charge is 0.475 e. The summed E-state index contributed by atoms with van der Waals surface area (Å²) in [6.07, 6.45) is 0.479. The summed E-state index contributed by atoms with van der Waals surface area (Å²) in [6, 6.07) is 12.3. The molecule has 6 heteroatoms. The molecule has 24 heavy (non-hydrogen) atoms. The van der Waals surface area contributed by atoms with E-state index in [1.54, 1.807) is 37.4 Å². The molecule has 0 bridgehead atoms. The molecule has 2 aromatic rings. The molecule has 0 spiro atoms. The number of hydrogen-bond donors (Lipinski definition) is 0. The molecule has 3 rings (SSSR count). The van der Waals surface area contributed by atoms with E-state index in [-0.39, 0.29) is 11.8 Å². The van der Waals surface area contributed by atoms with Gasteiger partial charge < -0.3 is 9.47 Å². The quantitative estimate of drug-likeness (QED) is 0.574. The highest BCUT2D eigenvalue weighted by atomic mass is 16.5. The molecule has 0 atom stereocenters. The molecule has 0 fully saturated rings. The summed E-state index contributed by atoms with van der Waals surface area (Å²) in [4.78, 5) is 30.3. The molecule has 2 heterocycles. The van der Waals surface area contributed by atoms with Gasteiger partial charge in [0.15, 0.2) is 0 Å². The summed E-state index contributed by atoms with van der Waals surface area (Å²) in [5.74, 6) is 0.0121. The third-order valence-corrected chi connectivity index (χ3v) is 3.79. The molecule has 2 amide bonds. The Balaban J connectivity index is 1.63. The van der Waals surface area contributed by atoms with Crippen LogP contribution in [0.2, 0.25) is 0 Å². The Morgan fingerprint density at radius 3 is 2.33 bits per heavy atom. The molecule has 1 aliphatic rings. The van der Waals surface area contributed by atoms with Crippen LogP contribution in [0.3, 0.4) is 0 Å². The first kappa shape index (κ1) is 16.1. The van der Waals surface area contributed by atoms with Crippen LogP contribution in [0.4, 0.5) is 0 Å². The predicted molar refractivity (Wildman–Crippen MR) is 87.1 cm³/mol. The number of nitrogens with zero attached hydrogens (tertiary/aromatic N) is 2. The van der Waals surface area contributed by atoms with Crippen LogP contribution < -0.4 is 4.74 Å². The Kier molecular flexibility index (Phi) is 4.86. The van der Waals surface area contributed by atoms with Crippen LogP contribution in [0, 0.1) is 0 Å². The Morgan fingerprint density at radius 1 is 0.958 bits per heavy atom. The number of methoxy groups -OCH3 is 1. The van der Waals surface area contributed by atoms with Gasteiger partial charge in [0.1, 0.15) is 6.61 Å². The lowest BCUT2D eigenvalue weighted by Gasteiger charge is -2.13. The van der Waals surface area contributed by atoms with Crippen LogP contribution in [-0.4, -0.2) is 48.6 Å². The number of aromatic nitrogens is 1. The molecule has 0 saturated carbocycles. The number of benzene rings is 1. The van der Waals surface area contributed by atoms with E-state index in [9.17, 15) is 9.59 Å². The van der Waals surface area contributed by atoms with Crippen LogP contribution in [0.25, 0.3) is 0 Å². The maximum atomic E-state index is 12.3. The van der Waals surface area contributed by atoms with E-state index in [2.05, 4.69) is 4.98 Å². The van der Waals surface area contributed by atoms with Crippen molar-refractivity contribution in [1.82, 2.24) is 9.88 Å².